The Balaban J connectivity index is 0.00000196. The number of para-hydroxylation sites is 1. The van der Waals surface area contributed by atoms with Crippen LogP contribution in [0.5, 0.6) is 0 Å². The first kappa shape index (κ1) is 18.1. The maximum atomic E-state index is 5.55. The van der Waals surface area contributed by atoms with Gasteiger partial charge in [0.25, 0.3) is 5.01 Å². The molecule has 2 aromatic carbocycles. The summed E-state index contributed by atoms with van der Waals surface area (Å²) >= 11 is 1.74. The van der Waals surface area contributed by atoms with E-state index in [1.807, 2.05) is 18.2 Å². The van der Waals surface area contributed by atoms with E-state index in [0.29, 0.717) is 6.54 Å². The summed E-state index contributed by atoms with van der Waals surface area (Å²) in [6.45, 7) is 0.564. The zero-order chi connectivity index (χ0) is 17.1. The van der Waals surface area contributed by atoms with E-state index in [1.54, 1.807) is 22.3 Å². The highest BCUT2D eigenvalue weighted by Gasteiger charge is 2.16. The van der Waals surface area contributed by atoms with Gasteiger partial charge < -0.3 is 17.0 Å². The van der Waals surface area contributed by atoms with Crippen molar-refractivity contribution in [3.63, 3.8) is 0 Å². The van der Waals surface area contributed by atoms with Crippen LogP contribution in [0.25, 0.3) is 28.1 Å². The first-order chi connectivity index (χ1) is 12.3. The second-order valence-corrected chi connectivity index (χ2v) is 6.53. The number of aromatic nitrogens is 4. The van der Waals surface area contributed by atoms with Crippen LogP contribution in [0.2, 0.25) is 0 Å². The fourth-order valence-electron chi connectivity index (χ4n) is 2.68. The monoisotopic (exact) mass is 422 g/mol. The molecule has 2 aromatic heterocycles. The number of nitrogens with zero attached hydrogens (tertiary/aromatic N) is 4. The van der Waals surface area contributed by atoms with Gasteiger partial charge in [0.1, 0.15) is 17.4 Å². The van der Waals surface area contributed by atoms with Crippen LogP contribution in [0.1, 0.15) is 10.6 Å². The molecule has 26 heavy (non-hydrogen) atoms. The maximum Gasteiger partial charge on any atom is 0.263 e. The Hall–Kier alpha value is -2.75. The second-order valence-electron chi connectivity index (χ2n) is 5.46. The Bertz CT molecular complexity index is 1070. The van der Waals surface area contributed by atoms with E-state index in [1.165, 1.54) is 16.5 Å². The van der Waals surface area contributed by atoms with Crippen molar-refractivity contribution >= 4 is 33.7 Å². The third kappa shape index (κ3) is 3.59. The summed E-state index contributed by atoms with van der Waals surface area (Å²) in [5, 5.41) is 5.27. The van der Waals surface area contributed by atoms with Gasteiger partial charge in [-0.1, -0.05) is 35.6 Å². The quantitative estimate of drug-likeness (QED) is 0.356. The first-order valence-corrected chi connectivity index (χ1v) is 8.65. The molecule has 2 heterocycles. The van der Waals surface area contributed by atoms with Crippen LogP contribution < -0.4 is 21.5 Å². The van der Waals surface area contributed by atoms with E-state index in [-0.39, 0.29) is 17.0 Å². The van der Waals surface area contributed by atoms with Crippen LogP contribution in [-0.4, -0.2) is 14.8 Å². The molecule has 0 aliphatic carbocycles. The number of benzene rings is 2. The van der Waals surface area contributed by atoms with Crippen molar-refractivity contribution in [2.75, 3.05) is 0 Å². The number of halogens is 1. The van der Waals surface area contributed by atoms with Gasteiger partial charge in [0.05, 0.1) is 5.69 Å². The van der Waals surface area contributed by atoms with Crippen LogP contribution >= 0.6 is 11.3 Å². The number of rotatable bonds is 4. The van der Waals surface area contributed by atoms with Gasteiger partial charge in [0.2, 0.25) is 12.1 Å². The van der Waals surface area contributed by atoms with E-state index in [0.717, 1.165) is 16.3 Å². The lowest BCUT2D eigenvalue weighted by Crippen LogP contribution is -3.00. The van der Waals surface area contributed by atoms with Crippen molar-refractivity contribution < 1.29 is 21.5 Å². The summed E-state index contributed by atoms with van der Waals surface area (Å²) < 4.78 is 5.14. The molecule has 0 bridgehead atoms. The lowest BCUT2D eigenvalue weighted by molar-refractivity contribution is -0.655. The SMILES string of the molecule is C#CC[n+]1c(/C=C/c2ccc(-n3cncn3)cc2)sc2ccccc21.[Br-]. The highest BCUT2D eigenvalue weighted by molar-refractivity contribution is 7.18. The summed E-state index contributed by atoms with van der Waals surface area (Å²) in [7, 11) is 0. The van der Waals surface area contributed by atoms with Gasteiger partial charge in [-0.25, -0.2) is 9.67 Å². The standard InChI is InChI=1S/C20H15N4S.BrH/c1-2-13-23-18-5-3-4-6-19(18)25-20(23)12-9-16-7-10-17(11-8-16)24-15-21-14-22-24;/h1,3-12,14-15H,13H2;1H/q+1;/p-1. The molecule has 4 nitrogen and oxygen atoms in total. The minimum absolute atomic E-state index is 0. The van der Waals surface area contributed by atoms with E-state index in [2.05, 4.69) is 63.1 Å². The van der Waals surface area contributed by atoms with Gasteiger partial charge in [0, 0.05) is 12.1 Å². The molecule has 0 radical (unpaired) electrons. The van der Waals surface area contributed by atoms with Crippen molar-refractivity contribution in [2.24, 2.45) is 0 Å². The van der Waals surface area contributed by atoms with E-state index in [9.17, 15) is 0 Å². The molecule has 0 amide bonds. The highest BCUT2D eigenvalue weighted by atomic mass is 79.9. The molecule has 0 aliphatic rings. The van der Waals surface area contributed by atoms with Crippen LogP contribution in [-0.2, 0) is 6.54 Å². The van der Waals surface area contributed by atoms with Gasteiger partial charge in [-0.05, 0) is 35.8 Å². The van der Waals surface area contributed by atoms with Crippen LogP contribution in [0.15, 0.2) is 61.2 Å². The third-order valence-corrected chi connectivity index (χ3v) is 5.01. The summed E-state index contributed by atoms with van der Waals surface area (Å²) in [6, 6.07) is 16.5. The maximum absolute atomic E-state index is 5.55. The molecule has 0 saturated heterocycles. The fraction of sp³-hybridized carbons (Fsp3) is 0.0500. The summed E-state index contributed by atoms with van der Waals surface area (Å²) in [5.41, 5.74) is 3.28. The lowest BCUT2D eigenvalue weighted by atomic mass is 10.2. The normalized spacial score (nSPS) is 10.7. The summed E-state index contributed by atoms with van der Waals surface area (Å²) in [5.74, 6) is 2.74. The summed E-state index contributed by atoms with van der Waals surface area (Å²) in [4.78, 5) is 3.97. The lowest BCUT2D eigenvalue weighted by Gasteiger charge is -2.00. The first-order valence-electron chi connectivity index (χ1n) is 7.83. The molecule has 0 saturated carbocycles. The van der Waals surface area contributed by atoms with Crippen LogP contribution in [0.4, 0.5) is 0 Å². The summed E-state index contributed by atoms with van der Waals surface area (Å²) in [6.07, 6.45) is 13.0. The molecule has 128 valence electrons. The topological polar surface area (TPSA) is 34.6 Å². The molecule has 6 heteroatoms. The second kappa shape index (κ2) is 8.09. The number of thiazole rings is 1. The number of hydrogen-bond acceptors (Lipinski definition) is 3. The molecule has 4 aromatic rings. The van der Waals surface area contributed by atoms with Crippen molar-refractivity contribution in [2.45, 2.75) is 6.54 Å². The zero-order valence-corrected chi connectivity index (χ0v) is 16.2. The van der Waals surface area contributed by atoms with E-state index < -0.39 is 0 Å². The average Bonchev–Trinajstić information content (AvgIpc) is 3.30. The van der Waals surface area contributed by atoms with Crippen LogP contribution in [0.3, 0.4) is 0 Å². The predicted molar refractivity (Wildman–Crippen MR) is 101 cm³/mol. The molecular weight excluding hydrogens is 408 g/mol. The Morgan fingerprint density at radius 2 is 1.92 bits per heavy atom. The fourth-order valence-corrected chi connectivity index (χ4v) is 3.74. The van der Waals surface area contributed by atoms with Gasteiger partial charge in [-0.15, -0.1) is 6.42 Å². The van der Waals surface area contributed by atoms with Crippen LogP contribution in [0, 0.1) is 12.3 Å². The van der Waals surface area contributed by atoms with E-state index in [4.69, 9.17) is 6.42 Å². The minimum Gasteiger partial charge on any atom is -1.00 e. The number of fused-ring (bicyclic) bond motifs is 1. The average molecular weight is 423 g/mol. The largest absolute Gasteiger partial charge is 1.00 e. The predicted octanol–water partition coefficient (Wildman–Crippen LogP) is 0.577. The molecule has 0 fully saturated rings. The Morgan fingerprint density at radius 1 is 1.12 bits per heavy atom. The molecule has 0 atom stereocenters. The Kier molecular flexibility index (Phi) is 5.61. The number of hydrogen-bond donors (Lipinski definition) is 0. The highest BCUT2D eigenvalue weighted by Crippen LogP contribution is 2.22. The molecule has 0 unspecified atom stereocenters. The minimum atomic E-state index is 0. The van der Waals surface area contributed by atoms with Crippen molar-refractivity contribution in [1.82, 2.24) is 14.8 Å². The zero-order valence-electron chi connectivity index (χ0n) is 13.8. The van der Waals surface area contributed by atoms with Crippen molar-refractivity contribution in [3.8, 4) is 18.0 Å². The van der Waals surface area contributed by atoms with Gasteiger partial charge in [-0.2, -0.15) is 9.67 Å². The number of terminal acetylenes is 1. The van der Waals surface area contributed by atoms with Gasteiger partial charge in [0.15, 0.2) is 0 Å². The Morgan fingerprint density at radius 3 is 2.65 bits per heavy atom. The molecule has 0 spiro atoms. The van der Waals surface area contributed by atoms with Crippen molar-refractivity contribution in [3.05, 3.63) is 71.8 Å². The van der Waals surface area contributed by atoms with Gasteiger partial charge >= 0.3 is 0 Å². The molecule has 4 rings (SSSR count). The molecule has 0 aliphatic heterocycles. The molecular formula is C20H15BrN4S. The van der Waals surface area contributed by atoms with Crippen molar-refractivity contribution in [1.29, 1.82) is 0 Å². The Labute approximate surface area is 166 Å². The van der Waals surface area contributed by atoms with Gasteiger partial charge in [-0.3, -0.25) is 0 Å². The third-order valence-electron chi connectivity index (χ3n) is 3.88. The smallest absolute Gasteiger partial charge is 0.263 e. The molecule has 0 N–H and O–H groups in total. The van der Waals surface area contributed by atoms with E-state index >= 15 is 0 Å².